The highest BCUT2D eigenvalue weighted by atomic mass is 35.5. The van der Waals surface area contributed by atoms with Gasteiger partial charge in [-0.05, 0) is 31.5 Å². The quantitative estimate of drug-likeness (QED) is 0.739. The molecular formula is C14H20ClN3O2. The summed E-state index contributed by atoms with van der Waals surface area (Å²) in [6.07, 6.45) is 1.11. The van der Waals surface area contributed by atoms with Gasteiger partial charge in [0.15, 0.2) is 0 Å². The molecule has 5 nitrogen and oxygen atoms in total. The van der Waals surface area contributed by atoms with Gasteiger partial charge in [-0.1, -0.05) is 11.6 Å². The molecule has 1 aromatic rings. The van der Waals surface area contributed by atoms with Crippen LogP contribution < -0.4 is 11.1 Å². The molecule has 1 amide bonds. The molecule has 1 unspecified atom stereocenters. The third-order valence-electron chi connectivity index (χ3n) is 3.48. The van der Waals surface area contributed by atoms with E-state index in [0.29, 0.717) is 35.9 Å². The Morgan fingerprint density at radius 2 is 2.35 bits per heavy atom. The molecule has 4 N–H and O–H groups in total. The number of anilines is 2. The number of rotatable bonds is 4. The van der Waals surface area contributed by atoms with E-state index in [0.717, 1.165) is 13.0 Å². The molecule has 1 fully saturated rings. The van der Waals surface area contributed by atoms with Crippen LogP contribution in [0.15, 0.2) is 18.2 Å². The van der Waals surface area contributed by atoms with Crippen LogP contribution in [-0.2, 0) is 4.79 Å². The number of amides is 1. The first kappa shape index (κ1) is 15.1. The smallest absolute Gasteiger partial charge is 0.225 e. The molecule has 0 aromatic heterocycles. The second-order valence-corrected chi connectivity index (χ2v) is 5.99. The van der Waals surface area contributed by atoms with Crippen molar-refractivity contribution in [1.29, 1.82) is 0 Å². The van der Waals surface area contributed by atoms with Crippen molar-refractivity contribution in [3.8, 4) is 0 Å². The molecule has 1 atom stereocenters. The Labute approximate surface area is 123 Å². The van der Waals surface area contributed by atoms with Gasteiger partial charge in [-0.3, -0.25) is 9.69 Å². The third-order valence-corrected chi connectivity index (χ3v) is 3.71. The van der Waals surface area contributed by atoms with Gasteiger partial charge < -0.3 is 16.2 Å². The summed E-state index contributed by atoms with van der Waals surface area (Å²) >= 11 is 5.87. The fourth-order valence-corrected chi connectivity index (χ4v) is 2.51. The maximum absolute atomic E-state index is 11.9. The molecule has 1 heterocycles. The summed E-state index contributed by atoms with van der Waals surface area (Å²) in [5.41, 5.74) is 6.17. The lowest BCUT2D eigenvalue weighted by molar-refractivity contribution is -0.116. The summed E-state index contributed by atoms with van der Waals surface area (Å²) in [6, 6.07) is 4.98. The lowest BCUT2D eigenvalue weighted by atomic mass is 10.1. The van der Waals surface area contributed by atoms with Crippen molar-refractivity contribution in [3.63, 3.8) is 0 Å². The zero-order chi connectivity index (χ0) is 14.8. The highest BCUT2D eigenvalue weighted by Gasteiger charge is 2.30. The Morgan fingerprint density at radius 3 is 3.00 bits per heavy atom. The van der Waals surface area contributed by atoms with Gasteiger partial charge in [0, 0.05) is 31.1 Å². The molecule has 0 radical (unpaired) electrons. The van der Waals surface area contributed by atoms with Crippen LogP contribution in [0.1, 0.15) is 19.8 Å². The van der Waals surface area contributed by atoms with Crippen molar-refractivity contribution in [2.75, 3.05) is 30.7 Å². The molecule has 1 aromatic carbocycles. The number of hydrogen-bond donors (Lipinski definition) is 3. The number of halogens is 1. The number of benzene rings is 1. The zero-order valence-electron chi connectivity index (χ0n) is 11.5. The SMILES string of the molecule is CC1(O)CCN(CCC(=O)Nc2cc(Cl)ccc2N)C1. The van der Waals surface area contributed by atoms with Crippen LogP contribution in [0.4, 0.5) is 11.4 Å². The second kappa shape index (κ2) is 5.99. The number of hydrogen-bond acceptors (Lipinski definition) is 4. The van der Waals surface area contributed by atoms with E-state index in [1.165, 1.54) is 0 Å². The number of nitrogens with one attached hydrogen (secondary N) is 1. The Morgan fingerprint density at radius 1 is 1.60 bits per heavy atom. The van der Waals surface area contributed by atoms with E-state index in [2.05, 4.69) is 10.2 Å². The number of likely N-dealkylation sites (tertiary alicyclic amines) is 1. The second-order valence-electron chi connectivity index (χ2n) is 5.55. The van der Waals surface area contributed by atoms with Crippen LogP contribution >= 0.6 is 11.6 Å². The predicted octanol–water partition coefficient (Wildman–Crippen LogP) is 1.71. The summed E-state index contributed by atoms with van der Waals surface area (Å²) < 4.78 is 0. The highest BCUT2D eigenvalue weighted by molar-refractivity contribution is 6.31. The summed E-state index contributed by atoms with van der Waals surface area (Å²) in [5, 5.41) is 13.1. The van der Waals surface area contributed by atoms with Crippen LogP contribution in [0.3, 0.4) is 0 Å². The number of nitrogens with two attached hydrogens (primary N) is 1. The minimum Gasteiger partial charge on any atom is -0.397 e. The molecule has 20 heavy (non-hydrogen) atoms. The topological polar surface area (TPSA) is 78.6 Å². The first-order valence-corrected chi connectivity index (χ1v) is 7.03. The summed E-state index contributed by atoms with van der Waals surface area (Å²) in [7, 11) is 0. The minimum absolute atomic E-state index is 0.106. The van der Waals surface area contributed by atoms with Gasteiger partial charge in [-0.2, -0.15) is 0 Å². The maximum Gasteiger partial charge on any atom is 0.225 e. The van der Waals surface area contributed by atoms with Crippen molar-refractivity contribution in [1.82, 2.24) is 4.90 Å². The van der Waals surface area contributed by atoms with E-state index < -0.39 is 5.60 Å². The summed E-state index contributed by atoms with van der Waals surface area (Å²) in [6.45, 7) is 3.88. The molecule has 0 bridgehead atoms. The average molecular weight is 298 g/mol. The molecule has 1 saturated heterocycles. The van der Waals surface area contributed by atoms with Gasteiger partial charge in [-0.25, -0.2) is 0 Å². The molecule has 0 saturated carbocycles. The Bertz CT molecular complexity index is 505. The fraction of sp³-hybridized carbons (Fsp3) is 0.500. The lowest BCUT2D eigenvalue weighted by Crippen LogP contribution is -2.31. The molecule has 2 rings (SSSR count). The van der Waals surface area contributed by atoms with E-state index in [1.54, 1.807) is 18.2 Å². The molecule has 1 aliphatic rings. The number of aliphatic hydroxyl groups is 1. The number of carbonyl (C=O) groups is 1. The minimum atomic E-state index is -0.631. The van der Waals surface area contributed by atoms with E-state index in [-0.39, 0.29) is 5.91 Å². The Kier molecular flexibility index (Phi) is 4.52. The zero-order valence-corrected chi connectivity index (χ0v) is 12.3. The largest absolute Gasteiger partial charge is 0.397 e. The van der Waals surface area contributed by atoms with Crippen LogP contribution in [0.5, 0.6) is 0 Å². The standard InChI is InChI=1S/C14H20ClN3O2/c1-14(20)5-7-18(9-14)6-4-13(19)17-12-8-10(15)2-3-11(12)16/h2-3,8,20H,4-7,9,16H2,1H3,(H,17,19). The van der Waals surface area contributed by atoms with Gasteiger partial charge in [0.05, 0.1) is 17.0 Å². The normalized spacial score (nSPS) is 22.9. The molecule has 110 valence electrons. The van der Waals surface area contributed by atoms with E-state index in [1.807, 2.05) is 6.92 Å². The number of carbonyl (C=O) groups excluding carboxylic acids is 1. The highest BCUT2D eigenvalue weighted by Crippen LogP contribution is 2.23. The van der Waals surface area contributed by atoms with Crippen molar-refractivity contribution >= 4 is 28.9 Å². The van der Waals surface area contributed by atoms with E-state index in [4.69, 9.17) is 17.3 Å². The van der Waals surface area contributed by atoms with Crippen molar-refractivity contribution in [3.05, 3.63) is 23.2 Å². The first-order chi connectivity index (χ1) is 9.35. The van der Waals surface area contributed by atoms with Crippen molar-refractivity contribution < 1.29 is 9.90 Å². The summed E-state index contributed by atoms with van der Waals surface area (Å²) in [5.74, 6) is -0.106. The number of nitrogen functional groups attached to an aromatic ring is 1. The van der Waals surface area contributed by atoms with Gasteiger partial charge >= 0.3 is 0 Å². The van der Waals surface area contributed by atoms with E-state index in [9.17, 15) is 9.90 Å². The van der Waals surface area contributed by atoms with Crippen molar-refractivity contribution in [2.45, 2.75) is 25.4 Å². The Hall–Kier alpha value is -1.30. The Balaban J connectivity index is 1.83. The van der Waals surface area contributed by atoms with Gasteiger partial charge in [-0.15, -0.1) is 0 Å². The average Bonchev–Trinajstić information content (AvgIpc) is 2.71. The molecule has 1 aliphatic heterocycles. The number of β-amino-alcohol motifs (C(OH)–C–C–N with tert-alkyl or cyclic N) is 1. The van der Waals surface area contributed by atoms with E-state index >= 15 is 0 Å². The van der Waals surface area contributed by atoms with Crippen LogP contribution in [0, 0.1) is 0 Å². The summed E-state index contributed by atoms with van der Waals surface area (Å²) in [4.78, 5) is 14.0. The molecule has 0 aliphatic carbocycles. The molecular weight excluding hydrogens is 278 g/mol. The monoisotopic (exact) mass is 297 g/mol. The maximum atomic E-state index is 11.9. The van der Waals surface area contributed by atoms with Gasteiger partial charge in [0.1, 0.15) is 0 Å². The van der Waals surface area contributed by atoms with Crippen LogP contribution in [0.25, 0.3) is 0 Å². The van der Waals surface area contributed by atoms with Crippen LogP contribution in [0.2, 0.25) is 5.02 Å². The van der Waals surface area contributed by atoms with Crippen molar-refractivity contribution in [2.24, 2.45) is 0 Å². The fourth-order valence-electron chi connectivity index (χ4n) is 2.34. The lowest BCUT2D eigenvalue weighted by Gasteiger charge is -2.18. The van der Waals surface area contributed by atoms with Gasteiger partial charge in [0.25, 0.3) is 0 Å². The molecule has 6 heteroatoms. The van der Waals surface area contributed by atoms with Crippen LogP contribution in [-0.4, -0.2) is 41.1 Å². The van der Waals surface area contributed by atoms with Gasteiger partial charge in [0.2, 0.25) is 5.91 Å². The number of nitrogens with zero attached hydrogens (tertiary/aromatic N) is 1. The third kappa shape index (κ3) is 4.10. The molecule has 0 spiro atoms. The first-order valence-electron chi connectivity index (χ1n) is 6.65. The predicted molar refractivity (Wildman–Crippen MR) is 80.8 cm³/mol.